The lowest BCUT2D eigenvalue weighted by atomic mass is 10.1. The molecule has 6 heteroatoms. The monoisotopic (exact) mass is 410 g/mol. The Hall–Kier alpha value is -2.86. The minimum absolute atomic E-state index is 0.162. The Bertz CT molecular complexity index is 976. The second-order valence-corrected chi connectivity index (χ2v) is 7.67. The van der Waals surface area contributed by atoms with Crippen molar-refractivity contribution in [1.82, 2.24) is 4.90 Å². The van der Waals surface area contributed by atoms with Gasteiger partial charge in [0.2, 0.25) is 0 Å². The van der Waals surface area contributed by atoms with Crippen molar-refractivity contribution < 1.29 is 18.7 Å². The number of ether oxygens (including phenoxy) is 1. The summed E-state index contributed by atoms with van der Waals surface area (Å²) in [4.78, 5) is 7.10. The third-order valence-electron chi connectivity index (χ3n) is 5.51. The second kappa shape index (κ2) is 9.76. The number of benzene rings is 2. The predicted molar refractivity (Wildman–Crippen MR) is 116 cm³/mol. The lowest BCUT2D eigenvalue weighted by Crippen LogP contribution is -2.36. The second-order valence-electron chi connectivity index (χ2n) is 7.67. The van der Waals surface area contributed by atoms with Gasteiger partial charge in [-0.3, -0.25) is 4.99 Å². The van der Waals surface area contributed by atoms with Gasteiger partial charge in [0.05, 0.1) is 24.2 Å². The van der Waals surface area contributed by atoms with Gasteiger partial charge in [0.1, 0.15) is 17.1 Å². The van der Waals surface area contributed by atoms with E-state index in [0.717, 1.165) is 50.7 Å². The molecule has 3 aromatic rings. The van der Waals surface area contributed by atoms with Crippen LogP contribution in [0.4, 0.5) is 4.39 Å². The van der Waals surface area contributed by atoms with Crippen LogP contribution in [-0.2, 0) is 0 Å². The van der Waals surface area contributed by atoms with Crippen molar-refractivity contribution >= 4 is 17.2 Å². The van der Waals surface area contributed by atoms with Gasteiger partial charge in [0, 0.05) is 13.1 Å². The molecular formula is C24H27FN2O3. The van der Waals surface area contributed by atoms with Crippen LogP contribution in [0.5, 0.6) is 11.5 Å². The lowest BCUT2D eigenvalue weighted by molar-refractivity contribution is 0.203. The molecule has 2 heterocycles. The quantitative estimate of drug-likeness (QED) is 0.418. The summed E-state index contributed by atoms with van der Waals surface area (Å²) >= 11 is 0. The minimum Gasteiger partial charge on any atom is -0.504 e. The SMILES string of the molecule is Oc1c(C=NC2CCN(CCCCOc3ccc(F)cc3)CC2)oc2ccccc12. The van der Waals surface area contributed by atoms with Crippen LogP contribution in [0.2, 0.25) is 0 Å². The number of nitrogens with zero attached hydrogens (tertiary/aromatic N) is 2. The van der Waals surface area contributed by atoms with Crippen LogP contribution < -0.4 is 4.74 Å². The van der Waals surface area contributed by atoms with Crippen molar-refractivity contribution in [3.63, 3.8) is 0 Å². The first-order valence-electron chi connectivity index (χ1n) is 10.5. The molecule has 0 unspecified atom stereocenters. The predicted octanol–water partition coefficient (Wildman–Crippen LogP) is 5.02. The molecule has 0 amide bonds. The molecule has 0 bridgehead atoms. The largest absolute Gasteiger partial charge is 0.504 e. The van der Waals surface area contributed by atoms with E-state index in [9.17, 15) is 9.50 Å². The number of likely N-dealkylation sites (tertiary alicyclic amines) is 1. The zero-order valence-electron chi connectivity index (χ0n) is 17.0. The molecule has 0 atom stereocenters. The molecule has 2 aromatic carbocycles. The average Bonchev–Trinajstić information content (AvgIpc) is 3.10. The van der Waals surface area contributed by atoms with E-state index in [-0.39, 0.29) is 17.6 Å². The molecule has 1 fully saturated rings. The zero-order valence-corrected chi connectivity index (χ0v) is 17.0. The van der Waals surface area contributed by atoms with Crippen LogP contribution in [-0.4, -0.2) is 48.5 Å². The van der Waals surface area contributed by atoms with Crippen LogP contribution in [0, 0.1) is 5.82 Å². The summed E-state index contributed by atoms with van der Waals surface area (Å²) in [6.45, 7) is 3.74. The van der Waals surface area contributed by atoms with Gasteiger partial charge >= 0.3 is 0 Å². The van der Waals surface area contributed by atoms with Crippen molar-refractivity contribution in [2.24, 2.45) is 4.99 Å². The van der Waals surface area contributed by atoms with Gasteiger partial charge < -0.3 is 19.2 Å². The van der Waals surface area contributed by atoms with E-state index in [1.807, 2.05) is 24.3 Å². The number of para-hydroxylation sites is 1. The fraction of sp³-hybridized carbons (Fsp3) is 0.375. The molecule has 1 aromatic heterocycles. The van der Waals surface area contributed by atoms with E-state index < -0.39 is 0 Å². The van der Waals surface area contributed by atoms with E-state index in [0.29, 0.717) is 23.7 Å². The summed E-state index contributed by atoms with van der Waals surface area (Å²) in [5.41, 5.74) is 0.676. The highest BCUT2D eigenvalue weighted by Crippen LogP contribution is 2.30. The Labute approximate surface area is 175 Å². The molecule has 0 saturated carbocycles. The summed E-state index contributed by atoms with van der Waals surface area (Å²) in [7, 11) is 0. The summed E-state index contributed by atoms with van der Waals surface area (Å²) in [5, 5.41) is 11.0. The number of halogens is 1. The topological polar surface area (TPSA) is 58.2 Å². The Morgan fingerprint density at radius 3 is 2.63 bits per heavy atom. The van der Waals surface area contributed by atoms with E-state index in [2.05, 4.69) is 9.89 Å². The molecular weight excluding hydrogens is 383 g/mol. The first kappa shape index (κ1) is 20.4. The number of unbranched alkanes of at least 4 members (excludes halogenated alkanes) is 1. The third kappa shape index (κ3) is 5.19. The highest BCUT2D eigenvalue weighted by atomic mass is 19.1. The molecule has 4 rings (SSSR count). The van der Waals surface area contributed by atoms with E-state index >= 15 is 0 Å². The van der Waals surface area contributed by atoms with Gasteiger partial charge in [-0.2, -0.15) is 0 Å². The lowest BCUT2D eigenvalue weighted by Gasteiger charge is -2.30. The van der Waals surface area contributed by atoms with Crippen molar-refractivity contribution in [3.05, 3.63) is 60.1 Å². The van der Waals surface area contributed by atoms with E-state index in [1.165, 1.54) is 12.1 Å². The highest BCUT2D eigenvalue weighted by molar-refractivity contribution is 5.94. The minimum atomic E-state index is -0.246. The number of hydrogen-bond acceptors (Lipinski definition) is 5. The molecule has 30 heavy (non-hydrogen) atoms. The first-order chi connectivity index (χ1) is 14.7. The first-order valence-corrected chi connectivity index (χ1v) is 10.5. The standard InChI is InChI=1S/C24H27FN2O3/c25-18-7-9-20(10-8-18)29-16-4-3-13-27-14-11-19(12-15-27)26-17-23-24(28)21-5-1-2-6-22(21)30-23/h1-2,5-10,17,19,28H,3-4,11-16H2. The number of rotatable bonds is 8. The normalized spacial score (nSPS) is 15.9. The molecule has 0 radical (unpaired) electrons. The number of aliphatic imine (C=N–C) groups is 1. The number of aromatic hydroxyl groups is 1. The van der Waals surface area contributed by atoms with Crippen molar-refractivity contribution in [3.8, 4) is 11.5 Å². The Morgan fingerprint density at radius 1 is 1.10 bits per heavy atom. The van der Waals surface area contributed by atoms with Gasteiger partial charge in [-0.05, 0) is 68.6 Å². The van der Waals surface area contributed by atoms with Crippen LogP contribution in [0.15, 0.2) is 57.9 Å². The number of furan rings is 1. The van der Waals surface area contributed by atoms with Gasteiger partial charge in [-0.1, -0.05) is 12.1 Å². The molecule has 1 N–H and O–H groups in total. The fourth-order valence-corrected chi connectivity index (χ4v) is 3.76. The van der Waals surface area contributed by atoms with Crippen molar-refractivity contribution in [2.75, 3.05) is 26.2 Å². The number of piperidine rings is 1. The smallest absolute Gasteiger partial charge is 0.187 e. The van der Waals surface area contributed by atoms with Crippen LogP contribution in [0.1, 0.15) is 31.4 Å². The summed E-state index contributed by atoms with van der Waals surface area (Å²) in [5.74, 6) is 1.06. The van der Waals surface area contributed by atoms with E-state index in [4.69, 9.17) is 9.15 Å². The van der Waals surface area contributed by atoms with Gasteiger partial charge in [-0.25, -0.2) is 4.39 Å². The summed E-state index contributed by atoms with van der Waals surface area (Å²) in [6.07, 6.45) is 5.72. The maximum Gasteiger partial charge on any atom is 0.187 e. The van der Waals surface area contributed by atoms with Crippen LogP contribution in [0.3, 0.4) is 0 Å². The third-order valence-corrected chi connectivity index (χ3v) is 5.51. The molecule has 0 aliphatic carbocycles. The molecule has 158 valence electrons. The highest BCUT2D eigenvalue weighted by Gasteiger charge is 2.18. The van der Waals surface area contributed by atoms with Crippen LogP contribution >= 0.6 is 0 Å². The summed E-state index contributed by atoms with van der Waals surface area (Å²) < 4.78 is 24.2. The molecule has 1 aliphatic rings. The van der Waals surface area contributed by atoms with Crippen molar-refractivity contribution in [2.45, 2.75) is 31.7 Å². The molecule has 5 nitrogen and oxygen atoms in total. The molecule has 0 spiro atoms. The van der Waals surface area contributed by atoms with E-state index in [1.54, 1.807) is 18.3 Å². The van der Waals surface area contributed by atoms with Gasteiger partial charge in [0.15, 0.2) is 11.5 Å². The fourth-order valence-electron chi connectivity index (χ4n) is 3.76. The molecule has 1 saturated heterocycles. The average molecular weight is 410 g/mol. The Morgan fingerprint density at radius 2 is 1.87 bits per heavy atom. The maximum absolute atomic E-state index is 12.9. The number of fused-ring (bicyclic) bond motifs is 1. The molecule has 1 aliphatic heterocycles. The zero-order chi connectivity index (χ0) is 20.8. The number of hydrogen-bond donors (Lipinski definition) is 1. The Kier molecular flexibility index (Phi) is 6.64. The van der Waals surface area contributed by atoms with Gasteiger partial charge in [-0.15, -0.1) is 0 Å². The summed E-state index contributed by atoms with van der Waals surface area (Å²) in [6, 6.07) is 13.9. The van der Waals surface area contributed by atoms with Crippen LogP contribution in [0.25, 0.3) is 11.0 Å². The van der Waals surface area contributed by atoms with Crippen molar-refractivity contribution in [1.29, 1.82) is 0 Å². The Balaban J connectivity index is 1.15. The van der Waals surface area contributed by atoms with Gasteiger partial charge in [0.25, 0.3) is 0 Å². The maximum atomic E-state index is 12.9.